The van der Waals surface area contributed by atoms with Crippen LogP contribution in [0.4, 0.5) is 15.8 Å². The Kier molecular flexibility index (Phi) is 4.13. The van der Waals surface area contributed by atoms with Crippen molar-refractivity contribution in [3.8, 4) is 0 Å². The first-order chi connectivity index (χ1) is 9.80. The van der Waals surface area contributed by atoms with Crippen molar-refractivity contribution < 1.29 is 14.0 Å². The summed E-state index contributed by atoms with van der Waals surface area (Å²) in [4.78, 5) is 25.7. The maximum atomic E-state index is 13.0. The second-order valence-electron chi connectivity index (χ2n) is 5.52. The molecule has 4 N–H and O–H groups in total. The highest BCUT2D eigenvalue weighted by Gasteiger charge is 2.38. The molecule has 0 aliphatic carbocycles. The van der Waals surface area contributed by atoms with Gasteiger partial charge in [-0.25, -0.2) is 4.39 Å². The van der Waals surface area contributed by atoms with Crippen molar-refractivity contribution in [2.45, 2.75) is 19.4 Å². The molecule has 21 heavy (non-hydrogen) atoms. The van der Waals surface area contributed by atoms with E-state index in [0.29, 0.717) is 18.8 Å². The number of nitrogens with one attached hydrogen (secondary N) is 2. The van der Waals surface area contributed by atoms with Crippen LogP contribution >= 0.6 is 0 Å². The second-order valence-corrected chi connectivity index (χ2v) is 5.52. The second kappa shape index (κ2) is 5.69. The number of carbonyl (C=O) groups is 2. The summed E-state index contributed by atoms with van der Waals surface area (Å²) in [5.41, 5.74) is 5.43. The van der Waals surface area contributed by atoms with Gasteiger partial charge in [-0.1, -0.05) is 0 Å². The lowest BCUT2D eigenvalue weighted by molar-refractivity contribution is -0.136. The summed E-state index contributed by atoms with van der Waals surface area (Å²) >= 11 is 0. The van der Waals surface area contributed by atoms with Gasteiger partial charge >= 0.3 is 0 Å². The highest BCUT2D eigenvalue weighted by Crippen LogP contribution is 2.20. The van der Waals surface area contributed by atoms with Gasteiger partial charge in [0, 0.05) is 13.1 Å². The molecular weight excluding hydrogens is 275 g/mol. The molecule has 6 nitrogen and oxygen atoms in total. The van der Waals surface area contributed by atoms with E-state index in [1.165, 1.54) is 12.1 Å². The van der Waals surface area contributed by atoms with E-state index in [1.54, 1.807) is 18.7 Å². The van der Waals surface area contributed by atoms with Gasteiger partial charge in [0.05, 0.1) is 23.5 Å². The zero-order valence-electron chi connectivity index (χ0n) is 12.1. The normalized spacial score (nSPS) is 18.1. The van der Waals surface area contributed by atoms with Gasteiger partial charge in [0.1, 0.15) is 5.82 Å². The largest absolute Gasteiger partial charge is 0.397 e. The molecule has 0 bridgehead atoms. The number of carbonyl (C=O) groups excluding carboxylic acids is 2. The minimum Gasteiger partial charge on any atom is -0.397 e. The zero-order chi connectivity index (χ0) is 15.6. The predicted octanol–water partition coefficient (Wildman–Crippen LogP) is 0.557. The molecule has 1 aliphatic rings. The Hall–Kier alpha value is -2.15. The Bertz CT molecular complexity index is 574. The Labute approximate surface area is 122 Å². The number of amides is 2. The van der Waals surface area contributed by atoms with E-state index in [9.17, 15) is 14.0 Å². The van der Waals surface area contributed by atoms with Crippen molar-refractivity contribution in [2.24, 2.45) is 0 Å². The quantitative estimate of drug-likeness (QED) is 0.711. The number of anilines is 2. The Morgan fingerprint density at radius 3 is 2.90 bits per heavy atom. The molecule has 1 aliphatic heterocycles. The van der Waals surface area contributed by atoms with Crippen LogP contribution < -0.4 is 16.4 Å². The van der Waals surface area contributed by atoms with Crippen LogP contribution in [0, 0.1) is 5.82 Å². The summed E-state index contributed by atoms with van der Waals surface area (Å²) in [6.45, 7) is 4.69. The molecule has 0 aromatic heterocycles. The topological polar surface area (TPSA) is 87.5 Å². The number of rotatable bonds is 3. The number of benzene rings is 1. The highest BCUT2D eigenvalue weighted by molar-refractivity contribution is 5.96. The van der Waals surface area contributed by atoms with Crippen LogP contribution in [-0.4, -0.2) is 41.9 Å². The van der Waals surface area contributed by atoms with Gasteiger partial charge in [0.15, 0.2) is 0 Å². The Balaban J connectivity index is 2.03. The molecule has 0 radical (unpaired) electrons. The molecule has 0 atom stereocenters. The maximum Gasteiger partial charge on any atom is 0.240 e. The van der Waals surface area contributed by atoms with E-state index in [-0.39, 0.29) is 24.0 Å². The molecular formula is C14H19FN4O2. The fourth-order valence-electron chi connectivity index (χ4n) is 2.23. The first-order valence-corrected chi connectivity index (χ1v) is 6.69. The van der Waals surface area contributed by atoms with Crippen molar-refractivity contribution in [1.29, 1.82) is 0 Å². The molecule has 1 heterocycles. The van der Waals surface area contributed by atoms with E-state index < -0.39 is 11.4 Å². The fraction of sp³-hybridized carbons (Fsp3) is 0.429. The van der Waals surface area contributed by atoms with E-state index in [0.717, 1.165) is 6.07 Å². The summed E-state index contributed by atoms with van der Waals surface area (Å²) in [5.74, 6) is -0.863. The maximum absolute atomic E-state index is 13.0. The van der Waals surface area contributed by atoms with E-state index in [1.807, 2.05) is 0 Å². The molecule has 2 amide bonds. The van der Waals surface area contributed by atoms with Crippen LogP contribution in [0.5, 0.6) is 0 Å². The van der Waals surface area contributed by atoms with E-state index in [2.05, 4.69) is 10.6 Å². The minimum atomic E-state index is -0.746. The molecule has 114 valence electrons. The molecule has 1 aromatic carbocycles. The summed E-state index contributed by atoms with van der Waals surface area (Å²) < 4.78 is 13.0. The number of nitrogen functional groups attached to an aromatic ring is 1. The first-order valence-electron chi connectivity index (χ1n) is 6.69. The first kappa shape index (κ1) is 15.2. The highest BCUT2D eigenvalue weighted by atomic mass is 19.1. The fourth-order valence-corrected chi connectivity index (χ4v) is 2.23. The molecule has 2 rings (SSSR count). The molecule has 1 aromatic rings. The molecule has 7 heteroatoms. The van der Waals surface area contributed by atoms with Crippen molar-refractivity contribution >= 4 is 23.2 Å². The van der Waals surface area contributed by atoms with Crippen molar-refractivity contribution in [1.82, 2.24) is 10.2 Å². The van der Waals surface area contributed by atoms with Gasteiger partial charge in [-0.2, -0.15) is 0 Å². The summed E-state index contributed by atoms with van der Waals surface area (Å²) in [6, 6.07) is 3.79. The van der Waals surface area contributed by atoms with Crippen LogP contribution in [0.1, 0.15) is 13.8 Å². The van der Waals surface area contributed by atoms with Gasteiger partial charge in [-0.3, -0.25) is 14.5 Å². The number of hydrogen-bond acceptors (Lipinski definition) is 4. The molecule has 0 spiro atoms. The summed E-state index contributed by atoms with van der Waals surface area (Å²) in [7, 11) is 0. The van der Waals surface area contributed by atoms with Crippen molar-refractivity contribution in [3.63, 3.8) is 0 Å². The molecule has 1 saturated heterocycles. The van der Waals surface area contributed by atoms with Crippen LogP contribution in [0.2, 0.25) is 0 Å². The molecule has 0 saturated carbocycles. The zero-order valence-corrected chi connectivity index (χ0v) is 12.1. The summed E-state index contributed by atoms with van der Waals surface area (Å²) in [5, 5.41) is 5.40. The van der Waals surface area contributed by atoms with E-state index in [4.69, 9.17) is 5.73 Å². The lowest BCUT2D eigenvalue weighted by atomic mass is 9.99. The summed E-state index contributed by atoms with van der Waals surface area (Å²) in [6.07, 6.45) is 0. The number of nitrogens with two attached hydrogens (primary N) is 1. The third kappa shape index (κ3) is 3.30. The number of piperazine rings is 1. The van der Waals surface area contributed by atoms with Gasteiger partial charge in [-0.15, -0.1) is 0 Å². The Morgan fingerprint density at radius 2 is 2.24 bits per heavy atom. The number of nitrogens with zero attached hydrogens (tertiary/aromatic N) is 1. The average molecular weight is 294 g/mol. The lowest BCUT2D eigenvalue weighted by Gasteiger charge is -2.40. The smallest absolute Gasteiger partial charge is 0.240 e. The van der Waals surface area contributed by atoms with Crippen LogP contribution in [0.25, 0.3) is 0 Å². The van der Waals surface area contributed by atoms with Crippen LogP contribution in [0.15, 0.2) is 18.2 Å². The van der Waals surface area contributed by atoms with Gasteiger partial charge in [0.2, 0.25) is 11.8 Å². The SMILES string of the molecule is CC1(C)C(=O)NCCN1CC(=O)Nc1ccc(F)cc1N. The van der Waals surface area contributed by atoms with Crippen molar-refractivity contribution in [2.75, 3.05) is 30.7 Å². The van der Waals surface area contributed by atoms with Crippen molar-refractivity contribution in [3.05, 3.63) is 24.0 Å². The predicted molar refractivity (Wildman–Crippen MR) is 78.1 cm³/mol. The minimum absolute atomic E-state index is 0.0667. The number of halogens is 1. The monoisotopic (exact) mass is 294 g/mol. The van der Waals surface area contributed by atoms with Gasteiger partial charge < -0.3 is 16.4 Å². The molecule has 1 fully saturated rings. The molecule has 0 unspecified atom stereocenters. The standard InChI is InChI=1S/C14H19FN4O2/c1-14(2)13(21)17-5-6-19(14)8-12(20)18-11-4-3-9(15)7-10(11)16/h3-4,7H,5-6,8,16H2,1-2H3,(H,17,21)(H,18,20). The number of hydrogen-bond donors (Lipinski definition) is 3. The van der Waals surface area contributed by atoms with Crippen LogP contribution in [-0.2, 0) is 9.59 Å². The Morgan fingerprint density at radius 1 is 1.52 bits per heavy atom. The van der Waals surface area contributed by atoms with Gasteiger partial charge in [-0.05, 0) is 32.0 Å². The van der Waals surface area contributed by atoms with Gasteiger partial charge in [0.25, 0.3) is 0 Å². The third-order valence-corrected chi connectivity index (χ3v) is 3.64. The lowest BCUT2D eigenvalue weighted by Crippen LogP contribution is -2.62. The van der Waals surface area contributed by atoms with E-state index >= 15 is 0 Å². The third-order valence-electron chi connectivity index (χ3n) is 3.64. The average Bonchev–Trinajstić information content (AvgIpc) is 2.39. The van der Waals surface area contributed by atoms with Crippen LogP contribution in [0.3, 0.4) is 0 Å².